The molecule has 2 heterocycles. The first-order valence-corrected chi connectivity index (χ1v) is 15.4. The first-order valence-electron chi connectivity index (χ1n) is 12.6. The molecule has 5 N–H and O–H groups in total. The van der Waals surface area contributed by atoms with Crippen LogP contribution in [0.4, 0.5) is 34.9 Å². The maximum Gasteiger partial charge on any atom is 0.296 e. The van der Waals surface area contributed by atoms with Crippen LogP contribution in [0.1, 0.15) is 34.1 Å². The normalized spacial score (nSPS) is 13.1. The van der Waals surface area contributed by atoms with E-state index in [2.05, 4.69) is 30.9 Å². The predicted octanol–water partition coefficient (Wildman–Crippen LogP) is 3.60. The van der Waals surface area contributed by atoms with Crippen molar-refractivity contribution >= 4 is 67.0 Å². The number of imide groups is 1. The second-order valence-electron chi connectivity index (χ2n) is 9.15. The summed E-state index contributed by atoms with van der Waals surface area (Å²) >= 11 is 0. The van der Waals surface area contributed by atoms with Gasteiger partial charge in [0.05, 0.1) is 22.5 Å². The van der Waals surface area contributed by atoms with Gasteiger partial charge in [-0.05, 0) is 48.9 Å². The Morgan fingerprint density at radius 2 is 1.14 bits per heavy atom. The molecule has 17 heteroatoms. The molecule has 222 valence electrons. The van der Waals surface area contributed by atoms with Crippen molar-refractivity contribution in [2.45, 2.75) is 23.1 Å². The van der Waals surface area contributed by atoms with E-state index in [0.717, 1.165) is 17.0 Å². The zero-order valence-electron chi connectivity index (χ0n) is 22.2. The number of rotatable bonds is 10. The van der Waals surface area contributed by atoms with Crippen LogP contribution in [-0.4, -0.2) is 64.2 Å². The van der Waals surface area contributed by atoms with E-state index in [0.29, 0.717) is 12.1 Å². The molecule has 0 radical (unpaired) electrons. The highest BCUT2D eigenvalue weighted by molar-refractivity contribution is 7.86. The summed E-state index contributed by atoms with van der Waals surface area (Å²) in [6.07, 6.45) is 0.592. The van der Waals surface area contributed by atoms with Crippen molar-refractivity contribution in [1.29, 1.82) is 0 Å². The zero-order valence-corrected chi connectivity index (χ0v) is 23.8. The Hall–Kier alpha value is -4.97. The molecule has 0 unspecified atom stereocenters. The second kappa shape index (κ2) is 11.4. The fraction of sp³-hybridized carbons (Fsp3) is 0.115. The molecule has 1 aliphatic heterocycles. The summed E-state index contributed by atoms with van der Waals surface area (Å²) in [6, 6.07) is 15.3. The Morgan fingerprint density at radius 1 is 0.674 bits per heavy atom. The number of nitrogens with zero attached hydrogens (tertiary/aromatic N) is 4. The first-order chi connectivity index (χ1) is 20.3. The average molecular weight is 626 g/mol. The van der Waals surface area contributed by atoms with E-state index in [-0.39, 0.29) is 46.9 Å². The summed E-state index contributed by atoms with van der Waals surface area (Å²) in [4.78, 5) is 38.3. The monoisotopic (exact) mass is 625 g/mol. The van der Waals surface area contributed by atoms with Gasteiger partial charge < -0.3 is 16.0 Å². The standard InChI is InChI=1S/C26H23N7O8S2/c1-2-13-33-22(34)16-12-11-15(14-17(16)23(33)35)27-24-30-25(28-18-7-3-5-9-20(18)42(36,37)38)32-26(31-24)29-19-8-4-6-10-21(19)43(39,40)41/h3-12,14H,2,13H2,1H3,(H,36,37,38)(H,39,40,41)(H3,27,28,29,30,31,32). The predicted molar refractivity (Wildman–Crippen MR) is 154 cm³/mol. The summed E-state index contributed by atoms with van der Waals surface area (Å²) < 4.78 is 66.9. The third-order valence-electron chi connectivity index (χ3n) is 6.13. The number of carbonyl (C=O) groups is 2. The molecule has 5 rings (SSSR count). The lowest BCUT2D eigenvalue weighted by molar-refractivity contribution is 0.0654. The molecule has 0 atom stereocenters. The summed E-state index contributed by atoms with van der Waals surface area (Å²) in [5.74, 6) is -1.46. The number of amides is 2. The number of hydrogen-bond donors (Lipinski definition) is 5. The van der Waals surface area contributed by atoms with Crippen LogP contribution in [0.15, 0.2) is 76.5 Å². The van der Waals surface area contributed by atoms with Gasteiger partial charge in [0.15, 0.2) is 0 Å². The summed E-state index contributed by atoms with van der Waals surface area (Å²) in [7, 11) is -9.28. The lowest BCUT2D eigenvalue weighted by Gasteiger charge is -2.14. The molecule has 4 aromatic rings. The molecule has 1 aromatic heterocycles. The van der Waals surface area contributed by atoms with Crippen LogP contribution < -0.4 is 16.0 Å². The molecular weight excluding hydrogens is 602 g/mol. The van der Waals surface area contributed by atoms with Crippen molar-refractivity contribution in [3.05, 3.63) is 77.9 Å². The highest BCUT2D eigenvalue weighted by Crippen LogP contribution is 2.29. The van der Waals surface area contributed by atoms with Crippen molar-refractivity contribution in [2.24, 2.45) is 0 Å². The number of benzene rings is 3. The van der Waals surface area contributed by atoms with E-state index in [4.69, 9.17) is 0 Å². The molecule has 2 amide bonds. The van der Waals surface area contributed by atoms with Crippen LogP contribution in [0, 0.1) is 0 Å². The number of nitrogens with one attached hydrogen (secondary N) is 3. The third kappa shape index (κ3) is 6.28. The molecule has 0 saturated carbocycles. The molecule has 0 spiro atoms. The van der Waals surface area contributed by atoms with Crippen molar-refractivity contribution in [2.75, 3.05) is 22.5 Å². The maximum absolute atomic E-state index is 12.8. The zero-order chi connectivity index (χ0) is 30.9. The summed E-state index contributed by atoms with van der Waals surface area (Å²) in [5.41, 5.74) is 0.581. The van der Waals surface area contributed by atoms with Gasteiger partial charge in [0.25, 0.3) is 32.1 Å². The van der Waals surface area contributed by atoms with Gasteiger partial charge in [-0.2, -0.15) is 31.8 Å². The highest BCUT2D eigenvalue weighted by atomic mass is 32.2. The molecular formula is C26H23N7O8S2. The minimum Gasteiger partial charge on any atom is -0.324 e. The summed E-state index contributed by atoms with van der Waals surface area (Å²) in [5, 5.41) is 8.29. The van der Waals surface area contributed by atoms with Crippen LogP contribution >= 0.6 is 0 Å². The van der Waals surface area contributed by atoms with Crippen molar-refractivity contribution in [3.63, 3.8) is 0 Å². The fourth-order valence-electron chi connectivity index (χ4n) is 4.30. The second-order valence-corrected chi connectivity index (χ2v) is 11.9. The van der Waals surface area contributed by atoms with Gasteiger partial charge in [0.1, 0.15) is 9.79 Å². The molecule has 43 heavy (non-hydrogen) atoms. The lowest BCUT2D eigenvalue weighted by atomic mass is 10.1. The third-order valence-corrected chi connectivity index (χ3v) is 7.96. The van der Waals surface area contributed by atoms with Crippen molar-refractivity contribution in [3.8, 4) is 0 Å². The lowest BCUT2D eigenvalue weighted by Crippen LogP contribution is -2.30. The number of fused-ring (bicyclic) bond motifs is 1. The van der Waals surface area contributed by atoms with Gasteiger partial charge in [-0.3, -0.25) is 23.6 Å². The van der Waals surface area contributed by atoms with Gasteiger partial charge in [-0.15, -0.1) is 0 Å². The molecule has 0 saturated heterocycles. The van der Waals surface area contributed by atoms with E-state index < -0.39 is 41.8 Å². The van der Waals surface area contributed by atoms with Gasteiger partial charge in [0, 0.05) is 12.2 Å². The summed E-state index contributed by atoms with van der Waals surface area (Å²) in [6.45, 7) is 2.11. The topological polar surface area (TPSA) is 221 Å². The van der Waals surface area contributed by atoms with Crippen molar-refractivity contribution in [1.82, 2.24) is 19.9 Å². The molecule has 0 bridgehead atoms. The minimum atomic E-state index is -4.64. The maximum atomic E-state index is 12.8. The van der Waals surface area contributed by atoms with Crippen LogP contribution in [0.3, 0.4) is 0 Å². The Kier molecular flexibility index (Phi) is 7.80. The SMILES string of the molecule is CCCN1C(=O)c2ccc(Nc3nc(Nc4ccccc4S(=O)(=O)O)nc(Nc4ccccc4S(=O)(=O)O)n3)cc2C1=O. The molecule has 1 aliphatic rings. The molecule has 3 aromatic carbocycles. The number of hydrogen-bond acceptors (Lipinski definition) is 12. The Labute approximate surface area is 245 Å². The Morgan fingerprint density at radius 3 is 1.63 bits per heavy atom. The fourth-order valence-corrected chi connectivity index (χ4v) is 5.59. The highest BCUT2D eigenvalue weighted by Gasteiger charge is 2.35. The van der Waals surface area contributed by atoms with Crippen LogP contribution in [0.25, 0.3) is 0 Å². The van der Waals surface area contributed by atoms with E-state index >= 15 is 0 Å². The van der Waals surface area contributed by atoms with Crippen LogP contribution in [0.2, 0.25) is 0 Å². The number of para-hydroxylation sites is 2. The number of anilines is 6. The van der Waals surface area contributed by atoms with E-state index in [9.17, 15) is 35.5 Å². The number of carbonyl (C=O) groups excluding carboxylic acids is 2. The van der Waals surface area contributed by atoms with Crippen LogP contribution in [-0.2, 0) is 20.2 Å². The van der Waals surface area contributed by atoms with Crippen molar-refractivity contribution < 1.29 is 35.5 Å². The van der Waals surface area contributed by atoms with Gasteiger partial charge in [-0.1, -0.05) is 31.2 Å². The van der Waals surface area contributed by atoms with Gasteiger partial charge >= 0.3 is 0 Å². The smallest absolute Gasteiger partial charge is 0.296 e. The Bertz CT molecular complexity index is 1890. The van der Waals surface area contributed by atoms with E-state index in [1.54, 1.807) is 0 Å². The number of aromatic nitrogens is 3. The largest absolute Gasteiger partial charge is 0.324 e. The van der Waals surface area contributed by atoms with Crippen LogP contribution in [0.5, 0.6) is 0 Å². The van der Waals surface area contributed by atoms with E-state index in [1.165, 1.54) is 54.6 Å². The van der Waals surface area contributed by atoms with E-state index in [1.807, 2.05) is 6.92 Å². The first kappa shape index (κ1) is 29.5. The van der Waals surface area contributed by atoms with Gasteiger partial charge in [-0.25, -0.2) is 0 Å². The quantitative estimate of drug-likeness (QED) is 0.126. The minimum absolute atomic E-state index is 0.0795. The van der Waals surface area contributed by atoms with Gasteiger partial charge in [0.2, 0.25) is 17.8 Å². The molecule has 0 aliphatic carbocycles. The Balaban J connectivity index is 1.55. The molecule has 0 fully saturated rings. The molecule has 15 nitrogen and oxygen atoms in total. The average Bonchev–Trinajstić information content (AvgIpc) is 3.17.